The van der Waals surface area contributed by atoms with Crippen LogP contribution in [0.15, 0.2) is 36.0 Å². The van der Waals surface area contributed by atoms with Gasteiger partial charge in [-0.3, -0.25) is 9.78 Å². The maximum Gasteiger partial charge on any atom is 0.253 e. The zero-order valence-electron chi connectivity index (χ0n) is 13.3. The van der Waals surface area contributed by atoms with E-state index in [-0.39, 0.29) is 5.91 Å². The fourth-order valence-electron chi connectivity index (χ4n) is 2.61. The smallest absolute Gasteiger partial charge is 0.253 e. The zero-order valence-corrected chi connectivity index (χ0v) is 14.1. The molecule has 3 aromatic heterocycles. The summed E-state index contributed by atoms with van der Waals surface area (Å²) in [5.74, 6) is -0.0823. The molecule has 0 saturated carbocycles. The molecule has 23 heavy (non-hydrogen) atoms. The van der Waals surface area contributed by atoms with Crippen LogP contribution in [0, 0.1) is 20.8 Å². The van der Waals surface area contributed by atoms with Gasteiger partial charge in [0.15, 0.2) is 0 Å². The van der Waals surface area contributed by atoms with E-state index in [1.54, 1.807) is 23.7 Å². The molecule has 1 N–H and O–H groups in total. The third kappa shape index (κ3) is 3.17. The fourth-order valence-corrected chi connectivity index (χ4v) is 3.32. The van der Waals surface area contributed by atoms with Gasteiger partial charge in [0, 0.05) is 28.7 Å². The monoisotopic (exact) mass is 326 g/mol. The Morgan fingerprint density at radius 3 is 2.83 bits per heavy atom. The molecular weight excluding hydrogens is 308 g/mol. The van der Waals surface area contributed by atoms with Gasteiger partial charge in [-0.05, 0) is 39.0 Å². The van der Waals surface area contributed by atoms with E-state index < -0.39 is 0 Å². The van der Waals surface area contributed by atoms with Gasteiger partial charge in [0.2, 0.25) is 0 Å². The Labute approximate surface area is 139 Å². The van der Waals surface area contributed by atoms with E-state index in [1.165, 1.54) is 0 Å². The predicted molar refractivity (Wildman–Crippen MR) is 91.1 cm³/mol. The van der Waals surface area contributed by atoms with Gasteiger partial charge in [0.05, 0.1) is 24.0 Å². The topological polar surface area (TPSA) is 59.8 Å². The highest BCUT2D eigenvalue weighted by Crippen LogP contribution is 2.20. The first kappa shape index (κ1) is 15.4. The summed E-state index contributed by atoms with van der Waals surface area (Å²) in [6.07, 6.45) is 3.53. The van der Waals surface area contributed by atoms with Crippen molar-refractivity contribution in [1.29, 1.82) is 0 Å². The molecule has 0 spiro atoms. The summed E-state index contributed by atoms with van der Waals surface area (Å²) >= 11 is 1.56. The van der Waals surface area contributed by atoms with Crippen molar-refractivity contribution in [2.75, 3.05) is 0 Å². The standard InChI is InChI=1S/C17H18N4OS/c1-11-10-23-16(20-11)9-19-17(22)15-7-12(2)21(13(15)3)14-5-4-6-18-8-14/h4-8,10H,9H2,1-3H3,(H,19,22). The SMILES string of the molecule is Cc1csc(CNC(=O)c2cc(C)n(-c3cccnc3)c2C)n1. The van der Waals surface area contributed by atoms with E-state index in [2.05, 4.69) is 15.3 Å². The minimum atomic E-state index is -0.0823. The average molecular weight is 326 g/mol. The molecule has 3 rings (SSSR count). The molecule has 118 valence electrons. The average Bonchev–Trinajstić information content (AvgIpc) is 3.09. The van der Waals surface area contributed by atoms with Crippen LogP contribution in [0.5, 0.6) is 0 Å². The van der Waals surface area contributed by atoms with Gasteiger partial charge in [0.1, 0.15) is 5.01 Å². The van der Waals surface area contributed by atoms with Gasteiger partial charge >= 0.3 is 0 Å². The number of pyridine rings is 1. The maximum absolute atomic E-state index is 12.5. The number of rotatable bonds is 4. The van der Waals surface area contributed by atoms with Gasteiger partial charge in [-0.1, -0.05) is 0 Å². The Bertz CT molecular complexity index is 836. The van der Waals surface area contributed by atoms with Crippen LogP contribution < -0.4 is 5.32 Å². The van der Waals surface area contributed by atoms with E-state index >= 15 is 0 Å². The third-order valence-corrected chi connectivity index (χ3v) is 4.61. The number of carbonyl (C=O) groups is 1. The first-order valence-corrected chi connectivity index (χ1v) is 8.23. The van der Waals surface area contributed by atoms with Crippen LogP contribution in [0.4, 0.5) is 0 Å². The molecule has 6 heteroatoms. The second-order valence-electron chi connectivity index (χ2n) is 5.40. The number of thiazole rings is 1. The lowest BCUT2D eigenvalue weighted by Gasteiger charge is -2.09. The Morgan fingerprint density at radius 1 is 1.35 bits per heavy atom. The molecule has 3 aromatic rings. The molecule has 3 heterocycles. The van der Waals surface area contributed by atoms with Crippen LogP contribution in [-0.2, 0) is 6.54 Å². The van der Waals surface area contributed by atoms with Crippen molar-refractivity contribution in [3.05, 3.63) is 63.6 Å². The first-order chi connectivity index (χ1) is 11.1. The number of hydrogen-bond donors (Lipinski definition) is 1. The third-order valence-electron chi connectivity index (χ3n) is 3.65. The molecule has 0 fully saturated rings. The molecule has 0 saturated heterocycles. The summed E-state index contributed by atoms with van der Waals surface area (Å²) < 4.78 is 2.04. The van der Waals surface area contributed by atoms with E-state index in [0.29, 0.717) is 12.1 Å². The minimum Gasteiger partial charge on any atom is -0.345 e. The quantitative estimate of drug-likeness (QED) is 0.801. The predicted octanol–water partition coefficient (Wildman–Crippen LogP) is 3.18. The molecule has 0 aromatic carbocycles. The van der Waals surface area contributed by atoms with Gasteiger partial charge in [-0.15, -0.1) is 11.3 Å². The van der Waals surface area contributed by atoms with Crippen LogP contribution in [0.1, 0.15) is 32.4 Å². The van der Waals surface area contributed by atoms with Crippen LogP contribution in [0.3, 0.4) is 0 Å². The summed E-state index contributed by atoms with van der Waals surface area (Å²) in [5.41, 5.74) is 4.53. The van der Waals surface area contributed by atoms with E-state index in [1.807, 2.05) is 48.9 Å². The first-order valence-electron chi connectivity index (χ1n) is 7.35. The lowest BCUT2D eigenvalue weighted by Crippen LogP contribution is -2.23. The van der Waals surface area contributed by atoms with Crippen LogP contribution in [-0.4, -0.2) is 20.4 Å². The maximum atomic E-state index is 12.5. The Hall–Kier alpha value is -2.47. The van der Waals surface area contributed by atoms with Crippen molar-refractivity contribution in [3.8, 4) is 5.69 Å². The number of carbonyl (C=O) groups excluding carboxylic acids is 1. The number of hydrogen-bond acceptors (Lipinski definition) is 4. The van der Waals surface area contributed by atoms with Crippen molar-refractivity contribution in [3.63, 3.8) is 0 Å². The van der Waals surface area contributed by atoms with Crippen molar-refractivity contribution >= 4 is 17.2 Å². The number of aryl methyl sites for hydroxylation is 2. The van der Waals surface area contributed by atoms with Crippen molar-refractivity contribution in [2.45, 2.75) is 27.3 Å². The number of nitrogens with one attached hydrogen (secondary N) is 1. The van der Waals surface area contributed by atoms with Crippen molar-refractivity contribution < 1.29 is 4.79 Å². The van der Waals surface area contributed by atoms with E-state index in [4.69, 9.17) is 0 Å². The molecule has 0 aliphatic heterocycles. The second kappa shape index (κ2) is 6.34. The van der Waals surface area contributed by atoms with Gasteiger partial charge in [0.25, 0.3) is 5.91 Å². The van der Waals surface area contributed by atoms with Gasteiger partial charge in [-0.2, -0.15) is 0 Å². The minimum absolute atomic E-state index is 0.0823. The summed E-state index contributed by atoms with van der Waals surface area (Å²) in [4.78, 5) is 21.0. The van der Waals surface area contributed by atoms with E-state index in [9.17, 15) is 4.79 Å². The molecule has 0 aliphatic rings. The lowest BCUT2D eigenvalue weighted by molar-refractivity contribution is 0.0950. The Balaban J connectivity index is 1.82. The molecule has 0 bridgehead atoms. The number of nitrogens with zero attached hydrogens (tertiary/aromatic N) is 3. The molecule has 1 amide bonds. The fraction of sp³-hybridized carbons (Fsp3) is 0.235. The summed E-state index contributed by atoms with van der Waals surface area (Å²) in [6.45, 7) is 6.33. The van der Waals surface area contributed by atoms with E-state index in [0.717, 1.165) is 27.8 Å². The normalized spacial score (nSPS) is 10.7. The molecule has 0 radical (unpaired) electrons. The van der Waals surface area contributed by atoms with Crippen molar-refractivity contribution in [2.24, 2.45) is 0 Å². The molecule has 5 nitrogen and oxygen atoms in total. The summed E-state index contributed by atoms with van der Waals surface area (Å²) in [5, 5.41) is 5.84. The largest absolute Gasteiger partial charge is 0.345 e. The Morgan fingerprint density at radius 2 is 2.17 bits per heavy atom. The summed E-state index contributed by atoms with van der Waals surface area (Å²) in [6, 6.07) is 5.77. The zero-order chi connectivity index (χ0) is 16.4. The van der Waals surface area contributed by atoms with Gasteiger partial charge in [-0.25, -0.2) is 4.98 Å². The highest BCUT2D eigenvalue weighted by Gasteiger charge is 2.16. The molecule has 0 aliphatic carbocycles. The highest BCUT2D eigenvalue weighted by atomic mass is 32.1. The molecule has 0 unspecified atom stereocenters. The number of aromatic nitrogens is 3. The summed E-state index contributed by atoms with van der Waals surface area (Å²) in [7, 11) is 0. The van der Waals surface area contributed by atoms with Crippen LogP contribution >= 0.6 is 11.3 Å². The molecule has 0 atom stereocenters. The number of amides is 1. The molecular formula is C17H18N4OS. The van der Waals surface area contributed by atoms with Crippen molar-refractivity contribution in [1.82, 2.24) is 19.9 Å². The Kier molecular flexibility index (Phi) is 4.25. The highest BCUT2D eigenvalue weighted by molar-refractivity contribution is 7.09. The van der Waals surface area contributed by atoms with Crippen LogP contribution in [0.2, 0.25) is 0 Å². The van der Waals surface area contributed by atoms with Gasteiger partial charge < -0.3 is 9.88 Å². The lowest BCUT2D eigenvalue weighted by atomic mass is 10.2. The second-order valence-corrected chi connectivity index (χ2v) is 6.34. The van der Waals surface area contributed by atoms with Crippen LogP contribution in [0.25, 0.3) is 5.69 Å².